The molecular weight excluding hydrogens is 220 g/mol. The highest BCUT2D eigenvalue weighted by atomic mass is 16.6. The number of hydrogen-bond donors (Lipinski definition) is 1. The molecule has 0 bridgehead atoms. The van der Waals surface area contributed by atoms with Gasteiger partial charge in [0, 0.05) is 0 Å². The second kappa shape index (κ2) is 10.6. The fourth-order valence-corrected chi connectivity index (χ4v) is 1.03. The van der Waals surface area contributed by atoms with Crippen molar-refractivity contribution >= 4 is 0 Å². The van der Waals surface area contributed by atoms with Crippen LogP contribution in [0.5, 0.6) is 0 Å². The monoisotopic (exact) mass is 246 g/mol. The van der Waals surface area contributed by atoms with Crippen LogP contribution in [0.4, 0.5) is 0 Å². The zero-order valence-corrected chi connectivity index (χ0v) is 11.4. The van der Waals surface area contributed by atoms with Crippen LogP contribution in [0.1, 0.15) is 34.1 Å². The Morgan fingerprint density at radius 1 is 1.00 bits per heavy atom. The van der Waals surface area contributed by atoms with Gasteiger partial charge in [0.25, 0.3) is 0 Å². The first-order valence-electron chi connectivity index (χ1n) is 6.24. The maximum Gasteiger partial charge on any atom is 0.118 e. The van der Waals surface area contributed by atoms with Crippen LogP contribution < -0.4 is 0 Å². The van der Waals surface area contributed by atoms with E-state index in [9.17, 15) is 0 Å². The van der Waals surface area contributed by atoms with Crippen LogP contribution in [-0.2, 0) is 14.2 Å². The first kappa shape index (κ1) is 16.4. The molecular formula is C13H26O4. The van der Waals surface area contributed by atoms with E-state index in [4.69, 9.17) is 19.3 Å². The van der Waals surface area contributed by atoms with Crippen molar-refractivity contribution < 1.29 is 19.3 Å². The van der Waals surface area contributed by atoms with Crippen LogP contribution in [0, 0.1) is 0 Å². The summed E-state index contributed by atoms with van der Waals surface area (Å²) in [6.45, 7) is 8.85. The Balaban J connectivity index is 3.54. The number of allylic oxidation sites excluding steroid dienone is 1. The largest absolute Gasteiger partial charge is 0.496 e. The first-order chi connectivity index (χ1) is 8.10. The smallest absolute Gasteiger partial charge is 0.118 e. The number of aliphatic hydroxyl groups excluding tert-OH is 1. The molecule has 3 unspecified atom stereocenters. The average Bonchev–Trinajstić information content (AvgIpc) is 2.33. The zero-order valence-electron chi connectivity index (χ0n) is 11.4. The first-order valence-corrected chi connectivity index (χ1v) is 6.24. The molecule has 17 heavy (non-hydrogen) atoms. The lowest BCUT2D eigenvalue weighted by molar-refractivity contribution is -0.0636. The Morgan fingerprint density at radius 3 is 2.18 bits per heavy atom. The molecule has 0 aliphatic carbocycles. The second-order valence-corrected chi connectivity index (χ2v) is 4.20. The molecule has 0 saturated heterocycles. The molecule has 102 valence electrons. The summed E-state index contributed by atoms with van der Waals surface area (Å²) in [4.78, 5) is 0. The van der Waals surface area contributed by atoms with E-state index in [1.54, 1.807) is 6.26 Å². The molecule has 0 aromatic heterocycles. The third-order valence-electron chi connectivity index (χ3n) is 2.13. The number of ether oxygens (including phenoxy) is 3. The lowest BCUT2D eigenvalue weighted by Gasteiger charge is -2.18. The van der Waals surface area contributed by atoms with Crippen molar-refractivity contribution in [1.82, 2.24) is 0 Å². The van der Waals surface area contributed by atoms with Crippen molar-refractivity contribution in [2.45, 2.75) is 52.4 Å². The molecule has 0 rings (SSSR count). The SMILES string of the molecule is CCC=COC(C)COC(C)COC(C)CO. The Kier molecular flexibility index (Phi) is 10.2. The van der Waals surface area contributed by atoms with E-state index < -0.39 is 0 Å². The molecule has 0 spiro atoms. The van der Waals surface area contributed by atoms with Gasteiger partial charge in [0.1, 0.15) is 6.10 Å². The number of hydrogen-bond acceptors (Lipinski definition) is 4. The normalized spacial score (nSPS) is 17.0. The van der Waals surface area contributed by atoms with Gasteiger partial charge in [0.15, 0.2) is 0 Å². The molecule has 1 N–H and O–H groups in total. The van der Waals surface area contributed by atoms with E-state index >= 15 is 0 Å². The van der Waals surface area contributed by atoms with Gasteiger partial charge in [0.05, 0.1) is 38.3 Å². The Hall–Kier alpha value is -0.580. The molecule has 0 aliphatic heterocycles. The highest BCUT2D eigenvalue weighted by Crippen LogP contribution is 2.00. The molecule has 0 fully saturated rings. The van der Waals surface area contributed by atoms with Gasteiger partial charge in [-0.05, 0) is 27.2 Å². The summed E-state index contributed by atoms with van der Waals surface area (Å²) in [5.41, 5.74) is 0. The van der Waals surface area contributed by atoms with Crippen molar-refractivity contribution in [3.05, 3.63) is 12.3 Å². The zero-order chi connectivity index (χ0) is 13.1. The quantitative estimate of drug-likeness (QED) is 0.600. The molecule has 4 heteroatoms. The molecule has 0 heterocycles. The molecule has 0 radical (unpaired) electrons. The fourth-order valence-electron chi connectivity index (χ4n) is 1.03. The van der Waals surface area contributed by atoms with Gasteiger partial charge in [-0.15, -0.1) is 0 Å². The minimum absolute atomic E-state index is 0.00482. The molecule has 0 amide bonds. The van der Waals surface area contributed by atoms with Crippen LogP contribution >= 0.6 is 0 Å². The van der Waals surface area contributed by atoms with Gasteiger partial charge in [0.2, 0.25) is 0 Å². The standard InChI is InChI=1S/C13H26O4/c1-5-6-7-15-12(3)9-17-13(4)10-16-11(2)8-14/h6-7,11-14H,5,8-10H2,1-4H3. The Bertz CT molecular complexity index is 194. The average molecular weight is 246 g/mol. The fraction of sp³-hybridized carbons (Fsp3) is 0.846. The van der Waals surface area contributed by atoms with Crippen LogP contribution in [0.25, 0.3) is 0 Å². The van der Waals surface area contributed by atoms with E-state index in [1.807, 2.05) is 26.8 Å². The number of aliphatic hydroxyl groups is 1. The van der Waals surface area contributed by atoms with Gasteiger partial charge < -0.3 is 19.3 Å². The van der Waals surface area contributed by atoms with Gasteiger partial charge in [-0.2, -0.15) is 0 Å². The Morgan fingerprint density at radius 2 is 1.59 bits per heavy atom. The maximum absolute atomic E-state index is 8.79. The molecule has 3 atom stereocenters. The minimum atomic E-state index is -0.137. The van der Waals surface area contributed by atoms with Crippen molar-refractivity contribution in [2.24, 2.45) is 0 Å². The highest BCUT2D eigenvalue weighted by Gasteiger charge is 2.08. The topological polar surface area (TPSA) is 47.9 Å². The van der Waals surface area contributed by atoms with Crippen molar-refractivity contribution in [3.63, 3.8) is 0 Å². The summed E-state index contributed by atoms with van der Waals surface area (Å²) >= 11 is 0. The summed E-state index contributed by atoms with van der Waals surface area (Å²) < 4.78 is 16.3. The highest BCUT2D eigenvalue weighted by molar-refractivity contribution is 4.72. The summed E-state index contributed by atoms with van der Waals surface area (Å²) in [5.74, 6) is 0. The predicted molar refractivity (Wildman–Crippen MR) is 67.9 cm³/mol. The van der Waals surface area contributed by atoms with Crippen molar-refractivity contribution in [1.29, 1.82) is 0 Å². The van der Waals surface area contributed by atoms with Crippen molar-refractivity contribution in [3.8, 4) is 0 Å². The van der Waals surface area contributed by atoms with Crippen LogP contribution in [0.2, 0.25) is 0 Å². The van der Waals surface area contributed by atoms with Gasteiger partial charge in [-0.25, -0.2) is 0 Å². The van der Waals surface area contributed by atoms with Gasteiger partial charge >= 0.3 is 0 Å². The summed E-state index contributed by atoms with van der Waals surface area (Å²) in [6, 6.07) is 0. The van der Waals surface area contributed by atoms with Crippen molar-refractivity contribution in [2.75, 3.05) is 19.8 Å². The second-order valence-electron chi connectivity index (χ2n) is 4.20. The molecule has 4 nitrogen and oxygen atoms in total. The summed E-state index contributed by atoms with van der Waals surface area (Å²) in [7, 11) is 0. The minimum Gasteiger partial charge on any atom is -0.496 e. The van der Waals surface area contributed by atoms with E-state index in [1.165, 1.54) is 0 Å². The van der Waals surface area contributed by atoms with Gasteiger partial charge in [-0.1, -0.05) is 13.0 Å². The van der Waals surface area contributed by atoms with E-state index in [0.29, 0.717) is 13.2 Å². The van der Waals surface area contributed by atoms with Gasteiger partial charge in [-0.3, -0.25) is 0 Å². The van der Waals surface area contributed by atoms with E-state index in [0.717, 1.165) is 6.42 Å². The number of rotatable bonds is 10. The molecule has 0 saturated carbocycles. The van der Waals surface area contributed by atoms with Crippen LogP contribution in [0.15, 0.2) is 12.3 Å². The van der Waals surface area contributed by atoms with Crippen LogP contribution in [-0.4, -0.2) is 43.2 Å². The maximum atomic E-state index is 8.79. The van der Waals surface area contributed by atoms with Crippen LogP contribution in [0.3, 0.4) is 0 Å². The van der Waals surface area contributed by atoms with E-state index in [2.05, 4.69) is 6.92 Å². The molecule has 0 aliphatic rings. The third kappa shape index (κ3) is 10.3. The lowest BCUT2D eigenvalue weighted by atomic mass is 10.4. The summed E-state index contributed by atoms with van der Waals surface area (Å²) in [5, 5.41) is 8.79. The predicted octanol–water partition coefficient (Wildman–Crippen LogP) is 2.12. The Labute approximate surface area is 105 Å². The molecule has 0 aromatic rings. The third-order valence-corrected chi connectivity index (χ3v) is 2.13. The molecule has 0 aromatic carbocycles. The lowest BCUT2D eigenvalue weighted by Crippen LogP contribution is -2.25. The van der Waals surface area contributed by atoms with E-state index in [-0.39, 0.29) is 24.9 Å². The summed E-state index contributed by atoms with van der Waals surface area (Å²) in [6.07, 6.45) is 4.55.